The van der Waals surface area contributed by atoms with Gasteiger partial charge in [0.2, 0.25) is 5.95 Å². The Morgan fingerprint density at radius 1 is 1.32 bits per heavy atom. The van der Waals surface area contributed by atoms with E-state index in [4.69, 9.17) is 5.73 Å². The van der Waals surface area contributed by atoms with Crippen LogP contribution in [-0.2, 0) is 13.6 Å². The average molecular weight is 495 g/mol. The molecule has 9 heteroatoms. The molecule has 0 amide bonds. The molecule has 3 rings (SSSR count). The van der Waals surface area contributed by atoms with E-state index in [0.717, 1.165) is 20.5 Å². The number of nitrogens with zero attached hydrogens (tertiary/aromatic N) is 4. The summed E-state index contributed by atoms with van der Waals surface area (Å²) in [6, 6.07) is 5.93. The molecule has 1 atom stereocenters. The number of rotatable bonds is 7. The fourth-order valence-electron chi connectivity index (χ4n) is 3.12. The summed E-state index contributed by atoms with van der Waals surface area (Å²) in [5, 5.41) is 16.7. The van der Waals surface area contributed by atoms with E-state index in [-0.39, 0.29) is 6.04 Å². The number of nitrogen functional groups attached to an aromatic ring is 1. The lowest BCUT2D eigenvalue weighted by molar-refractivity contribution is 0.0672. The second-order valence-electron chi connectivity index (χ2n) is 7.68. The summed E-state index contributed by atoms with van der Waals surface area (Å²) in [6.07, 6.45) is 2.29. The Hall–Kier alpha value is -2.14. The van der Waals surface area contributed by atoms with E-state index in [2.05, 4.69) is 48.2 Å². The summed E-state index contributed by atoms with van der Waals surface area (Å²) in [4.78, 5) is 13.6. The third-order valence-corrected chi connectivity index (χ3v) is 4.96. The fraction of sp³-hybridized carbons (Fsp3) is 0.421. The van der Waals surface area contributed by atoms with Crippen molar-refractivity contribution in [2.24, 2.45) is 7.05 Å². The molecular formula is C19H26IN7O. The van der Waals surface area contributed by atoms with Gasteiger partial charge in [0.1, 0.15) is 0 Å². The number of aromatic nitrogens is 4. The number of anilines is 3. The first-order chi connectivity index (χ1) is 13.1. The maximum atomic E-state index is 10.0. The van der Waals surface area contributed by atoms with Crippen LogP contribution in [0.25, 0.3) is 11.2 Å². The van der Waals surface area contributed by atoms with Gasteiger partial charge in [-0.15, -0.1) is 0 Å². The zero-order chi connectivity index (χ0) is 20.5. The van der Waals surface area contributed by atoms with Crippen molar-refractivity contribution in [1.29, 1.82) is 0 Å². The smallest absolute Gasteiger partial charge is 0.226 e. The second kappa shape index (κ2) is 8.08. The molecule has 1 aromatic carbocycles. The predicted octanol–water partition coefficient (Wildman–Crippen LogP) is 3.12. The van der Waals surface area contributed by atoms with Crippen molar-refractivity contribution in [3.8, 4) is 0 Å². The fourth-order valence-corrected chi connectivity index (χ4v) is 3.68. The molecule has 8 nitrogen and oxygen atoms in total. The molecule has 2 aromatic heterocycles. The molecule has 0 aliphatic carbocycles. The number of hydrogen-bond acceptors (Lipinski definition) is 7. The number of halogens is 1. The third-order valence-electron chi connectivity index (χ3n) is 4.29. The highest BCUT2D eigenvalue weighted by Gasteiger charge is 2.19. The number of hydrogen-bond donors (Lipinski definition) is 4. The van der Waals surface area contributed by atoms with Crippen LogP contribution in [0.4, 0.5) is 17.5 Å². The Morgan fingerprint density at radius 2 is 2.07 bits per heavy atom. The highest BCUT2D eigenvalue weighted by molar-refractivity contribution is 14.1. The number of fused-ring (bicyclic) bond motifs is 1. The molecule has 0 radical (unpaired) electrons. The largest absolute Gasteiger partial charge is 0.398 e. The molecule has 2 heterocycles. The molecule has 3 aromatic rings. The second-order valence-corrected chi connectivity index (χ2v) is 8.93. The van der Waals surface area contributed by atoms with Crippen LogP contribution >= 0.6 is 22.6 Å². The number of benzene rings is 1. The number of aryl methyl sites for hydroxylation is 1. The van der Waals surface area contributed by atoms with Gasteiger partial charge < -0.3 is 26.0 Å². The van der Waals surface area contributed by atoms with E-state index in [0.29, 0.717) is 30.2 Å². The van der Waals surface area contributed by atoms with Crippen molar-refractivity contribution in [2.45, 2.75) is 45.4 Å². The minimum Gasteiger partial charge on any atom is -0.398 e. The number of nitrogens with one attached hydrogen (secondary N) is 2. The van der Waals surface area contributed by atoms with Crippen LogP contribution in [0.1, 0.15) is 32.8 Å². The van der Waals surface area contributed by atoms with E-state index >= 15 is 0 Å². The van der Waals surface area contributed by atoms with Gasteiger partial charge in [-0.05, 0) is 73.5 Å². The van der Waals surface area contributed by atoms with Crippen LogP contribution in [-0.4, -0.2) is 36.3 Å². The molecule has 0 bridgehead atoms. The molecule has 0 fully saturated rings. The van der Waals surface area contributed by atoms with Crippen molar-refractivity contribution in [1.82, 2.24) is 19.5 Å². The third kappa shape index (κ3) is 5.02. The van der Waals surface area contributed by atoms with Crippen molar-refractivity contribution in [2.75, 3.05) is 16.4 Å². The lowest BCUT2D eigenvalue weighted by atomic mass is 10.0. The molecule has 0 spiro atoms. The monoisotopic (exact) mass is 495 g/mol. The highest BCUT2D eigenvalue weighted by atomic mass is 127. The van der Waals surface area contributed by atoms with E-state index in [1.165, 1.54) is 0 Å². The van der Waals surface area contributed by atoms with Gasteiger partial charge >= 0.3 is 0 Å². The quantitative estimate of drug-likeness (QED) is 0.294. The molecular weight excluding hydrogens is 469 g/mol. The van der Waals surface area contributed by atoms with Crippen LogP contribution in [0, 0.1) is 3.57 Å². The lowest BCUT2D eigenvalue weighted by Crippen LogP contribution is -2.29. The number of imidazole rings is 1. The summed E-state index contributed by atoms with van der Waals surface area (Å²) in [6.45, 7) is 6.10. The maximum absolute atomic E-state index is 10.0. The van der Waals surface area contributed by atoms with Crippen molar-refractivity contribution < 1.29 is 5.11 Å². The van der Waals surface area contributed by atoms with Crippen LogP contribution in [0.3, 0.4) is 0 Å². The summed E-state index contributed by atoms with van der Waals surface area (Å²) in [7, 11) is 1.90. The molecule has 0 aliphatic rings. The lowest BCUT2D eigenvalue weighted by Gasteiger charge is -2.23. The van der Waals surface area contributed by atoms with Gasteiger partial charge in [0, 0.05) is 28.9 Å². The van der Waals surface area contributed by atoms with E-state index in [1.807, 2.05) is 36.7 Å². The standard InChI is InChI=1S/C19H26IN7O/c1-11(8-19(2,3)28)24-18-25-16(15-17(26-18)27(4)10-23-15)22-9-12-7-13(20)5-6-14(12)21/h5-7,10-11,28H,8-9,21H2,1-4H3,(H2,22,24,25,26). The Labute approximate surface area is 178 Å². The minimum absolute atomic E-state index is 0.00451. The molecule has 150 valence electrons. The molecule has 0 saturated carbocycles. The van der Waals surface area contributed by atoms with E-state index in [9.17, 15) is 5.11 Å². The van der Waals surface area contributed by atoms with E-state index < -0.39 is 5.60 Å². The van der Waals surface area contributed by atoms with Gasteiger partial charge in [0.05, 0.1) is 11.9 Å². The van der Waals surface area contributed by atoms with Gasteiger partial charge in [-0.25, -0.2) is 4.98 Å². The summed E-state index contributed by atoms with van der Waals surface area (Å²) < 4.78 is 2.98. The normalized spacial score (nSPS) is 12.9. The molecule has 1 unspecified atom stereocenters. The van der Waals surface area contributed by atoms with Gasteiger partial charge in [0.15, 0.2) is 17.0 Å². The van der Waals surface area contributed by atoms with Crippen molar-refractivity contribution in [3.63, 3.8) is 0 Å². The van der Waals surface area contributed by atoms with Crippen LogP contribution in [0.5, 0.6) is 0 Å². The van der Waals surface area contributed by atoms with E-state index in [1.54, 1.807) is 20.2 Å². The minimum atomic E-state index is -0.772. The molecule has 5 N–H and O–H groups in total. The average Bonchev–Trinajstić information content (AvgIpc) is 2.95. The predicted molar refractivity (Wildman–Crippen MR) is 121 cm³/mol. The Bertz CT molecular complexity index is 980. The topological polar surface area (TPSA) is 114 Å². The Kier molecular flexibility index (Phi) is 5.94. The molecule has 28 heavy (non-hydrogen) atoms. The molecule has 0 aliphatic heterocycles. The zero-order valence-electron chi connectivity index (χ0n) is 16.5. The first-order valence-electron chi connectivity index (χ1n) is 9.08. The highest BCUT2D eigenvalue weighted by Crippen LogP contribution is 2.23. The summed E-state index contributed by atoms with van der Waals surface area (Å²) in [5.74, 6) is 1.13. The van der Waals surface area contributed by atoms with Crippen molar-refractivity contribution >= 4 is 51.2 Å². The first-order valence-corrected chi connectivity index (χ1v) is 10.2. The van der Waals surface area contributed by atoms with Crippen molar-refractivity contribution in [3.05, 3.63) is 33.7 Å². The number of aliphatic hydroxyl groups is 1. The summed E-state index contributed by atoms with van der Waals surface area (Å²) >= 11 is 2.27. The SMILES string of the molecule is CC(CC(C)(C)O)Nc1nc(NCc2cc(I)ccc2N)c2ncn(C)c2n1. The van der Waals surface area contributed by atoms with Crippen LogP contribution in [0.2, 0.25) is 0 Å². The van der Waals surface area contributed by atoms with Gasteiger partial charge in [-0.3, -0.25) is 0 Å². The van der Waals surface area contributed by atoms with Crippen LogP contribution in [0.15, 0.2) is 24.5 Å². The van der Waals surface area contributed by atoms with Gasteiger partial charge in [-0.1, -0.05) is 0 Å². The number of nitrogens with two attached hydrogens (primary N) is 1. The zero-order valence-corrected chi connectivity index (χ0v) is 18.6. The Balaban J connectivity index is 1.87. The van der Waals surface area contributed by atoms with Crippen LogP contribution < -0.4 is 16.4 Å². The van der Waals surface area contributed by atoms with Gasteiger partial charge in [-0.2, -0.15) is 9.97 Å². The maximum Gasteiger partial charge on any atom is 0.226 e. The Morgan fingerprint density at radius 3 is 2.79 bits per heavy atom. The first kappa shape index (κ1) is 20.6. The molecule has 0 saturated heterocycles. The summed E-state index contributed by atoms with van der Waals surface area (Å²) in [5.41, 5.74) is 8.48. The van der Waals surface area contributed by atoms with Gasteiger partial charge in [0.25, 0.3) is 0 Å².